The van der Waals surface area contributed by atoms with Crippen molar-refractivity contribution < 1.29 is 9.21 Å². The van der Waals surface area contributed by atoms with Gasteiger partial charge in [-0.25, -0.2) is 0 Å². The Hall–Kier alpha value is -1.74. The molecule has 0 saturated carbocycles. The molecule has 1 amide bonds. The van der Waals surface area contributed by atoms with Gasteiger partial charge in [0.1, 0.15) is 0 Å². The Balaban J connectivity index is 2.10. The normalized spacial score (nSPS) is 12.1. The SMILES string of the molecule is C[C@@H](NC(=O)c1ccco1)c1ccccc1Cl. The molecule has 1 N–H and O–H groups in total. The lowest BCUT2D eigenvalue weighted by atomic mass is 10.1. The van der Waals surface area contributed by atoms with Crippen LogP contribution in [0, 0.1) is 0 Å². The van der Waals surface area contributed by atoms with Crippen molar-refractivity contribution in [1.29, 1.82) is 0 Å². The number of nitrogens with one attached hydrogen (secondary N) is 1. The molecule has 17 heavy (non-hydrogen) atoms. The number of hydrogen-bond acceptors (Lipinski definition) is 2. The molecule has 88 valence electrons. The Morgan fingerprint density at radius 1 is 1.29 bits per heavy atom. The summed E-state index contributed by atoms with van der Waals surface area (Å²) in [5.74, 6) is 0.0475. The van der Waals surface area contributed by atoms with Gasteiger partial charge in [0.15, 0.2) is 5.76 Å². The quantitative estimate of drug-likeness (QED) is 0.906. The van der Waals surface area contributed by atoms with E-state index in [0.29, 0.717) is 10.8 Å². The first-order valence-corrected chi connectivity index (χ1v) is 5.65. The second-order valence-corrected chi connectivity index (χ2v) is 4.10. The fourth-order valence-corrected chi connectivity index (χ4v) is 1.88. The van der Waals surface area contributed by atoms with E-state index in [0.717, 1.165) is 5.56 Å². The van der Waals surface area contributed by atoms with Crippen LogP contribution in [0.5, 0.6) is 0 Å². The van der Waals surface area contributed by atoms with E-state index >= 15 is 0 Å². The summed E-state index contributed by atoms with van der Waals surface area (Å²) in [6, 6.07) is 10.6. The molecular formula is C13H12ClNO2. The number of hydrogen-bond donors (Lipinski definition) is 1. The van der Waals surface area contributed by atoms with Gasteiger partial charge in [-0.2, -0.15) is 0 Å². The summed E-state index contributed by atoms with van der Waals surface area (Å²) >= 11 is 6.05. The minimum absolute atomic E-state index is 0.165. The minimum atomic E-state index is -0.248. The molecule has 0 aliphatic carbocycles. The number of halogens is 1. The lowest BCUT2D eigenvalue weighted by Crippen LogP contribution is -2.26. The first-order valence-electron chi connectivity index (χ1n) is 5.27. The highest BCUT2D eigenvalue weighted by atomic mass is 35.5. The molecule has 4 heteroatoms. The largest absolute Gasteiger partial charge is 0.459 e. The number of benzene rings is 1. The van der Waals surface area contributed by atoms with Gasteiger partial charge in [0.25, 0.3) is 5.91 Å². The van der Waals surface area contributed by atoms with Gasteiger partial charge >= 0.3 is 0 Å². The monoisotopic (exact) mass is 249 g/mol. The fraction of sp³-hybridized carbons (Fsp3) is 0.154. The van der Waals surface area contributed by atoms with Gasteiger partial charge in [-0.15, -0.1) is 0 Å². The summed E-state index contributed by atoms with van der Waals surface area (Å²) in [7, 11) is 0. The van der Waals surface area contributed by atoms with Crippen LogP contribution in [0.4, 0.5) is 0 Å². The number of carbonyl (C=O) groups is 1. The van der Waals surface area contributed by atoms with Crippen molar-refractivity contribution in [3.05, 3.63) is 59.0 Å². The van der Waals surface area contributed by atoms with E-state index in [9.17, 15) is 4.79 Å². The maximum atomic E-state index is 11.8. The van der Waals surface area contributed by atoms with Gasteiger partial charge in [-0.05, 0) is 30.7 Å². The zero-order valence-corrected chi connectivity index (χ0v) is 10.1. The van der Waals surface area contributed by atoms with Crippen LogP contribution in [0.3, 0.4) is 0 Å². The summed E-state index contributed by atoms with van der Waals surface area (Å²) in [5.41, 5.74) is 0.883. The summed E-state index contributed by atoms with van der Waals surface area (Å²) in [4.78, 5) is 11.8. The molecule has 0 fully saturated rings. The highest BCUT2D eigenvalue weighted by molar-refractivity contribution is 6.31. The Labute approximate surface area is 104 Å². The van der Waals surface area contributed by atoms with Gasteiger partial charge in [0.2, 0.25) is 0 Å². The summed E-state index contributed by atoms with van der Waals surface area (Å²) < 4.78 is 5.02. The van der Waals surface area contributed by atoms with E-state index in [1.807, 2.05) is 25.1 Å². The van der Waals surface area contributed by atoms with Crippen LogP contribution in [-0.4, -0.2) is 5.91 Å². The second kappa shape index (κ2) is 5.06. The van der Waals surface area contributed by atoms with Crippen LogP contribution < -0.4 is 5.32 Å². The Bertz CT molecular complexity index is 508. The molecule has 2 aromatic rings. The highest BCUT2D eigenvalue weighted by Gasteiger charge is 2.14. The van der Waals surface area contributed by atoms with Crippen LogP contribution in [-0.2, 0) is 0 Å². The Kier molecular flexibility index (Phi) is 3.49. The van der Waals surface area contributed by atoms with Crippen LogP contribution in [0.2, 0.25) is 5.02 Å². The van der Waals surface area contributed by atoms with Crippen molar-refractivity contribution in [1.82, 2.24) is 5.32 Å². The molecule has 3 nitrogen and oxygen atoms in total. The average Bonchev–Trinajstić information content (AvgIpc) is 2.82. The van der Waals surface area contributed by atoms with Crippen molar-refractivity contribution in [2.45, 2.75) is 13.0 Å². The Morgan fingerprint density at radius 2 is 2.06 bits per heavy atom. The van der Waals surface area contributed by atoms with Gasteiger partial charge in [0.05, 0.1) is 12.3 Å². The van der Waals surface area contributed by atoms with Crippen molar-refractivity contribution in [2.24, 2.45) is 0 Å². The predicted octanol–water partition coefficient (Wildman–Crippen LogP) is 3.42. The van der Waals surface area contributed by atoms with Crippen molar-refractivity contribution >= 4 is 17.5 Å². The van der Waals surface area contributed by atoms with E-state index in [1.165, 1.54) is 6.26 Å². The van der Waals surface area contributed by atoms with E-state index in [-0.39, 0.29) is 11.9 Å². The summed E-state index contributed by atoms with van der Waals surface area (Å²) in [6.07, 6.45) is 1.47. The number of carbonyl (C=O) groups excluding carboxylic acids is 1. The van der Waals surface area contributed by atoms with Gasteiger partial charge in [-0.3, -0.25) is 4.79 Å². The zero-order valence-electron chi connectivity index (χ0n) is 9.31. The highest BCUT2D eigenvalue weighted by Crippen LogP contribution is 2.22. The third-order valence-corrected chi connectivity index (χ3v) is 2.81. The maximum absolute atomic E-state index is 11.8. The summed E-state index contributed by atoms with van der Waals surface area (Å²) in [5, 5.41) is 3.46. The number of amides is 1. The molecule has 0 aliphatic rings. The van der Waals surface area contributed by atoms with E-state index in [4.69, 9.17) is 16.0 Å². The molecule has 0 saturated heterocycles. The minimum Gasteiger partial charge on any atom is -0.459 e. The number of rotatable bonds is 3. The average molecular weight is 250 g/mol. The first kappa shape index (κ1) is 11.7. The van der Waals surface area contributed by atoms with Crippen LogP contribution >= 0.6 is 11.6 Å². The van der Waals surface area contributed by atoms with Crippen molar-refractivity contribution in [3.63, 3.8) is 0 Å². The molecule has 1 atom stereocenters. The predicted molar refractivity (Wildman–Crippen MR) is 66.0 cm³/mol. The topological polar surface area (TPSA) is 42.2 Å². The van der Waals surface area contributed by atoms with Crippen molar-refractivity contribution in [3.8, 4) is 0 Å². The fourth-order valence-electron chi connectivity index (χ4n) is 1.58. The van der Waals surface area contributed by atoms with Gasteiger partial charge in [-0.1, -0.05) is 29.8 Å². The molecular weight excluding hydrogens is 238 g/mol. The third-order valence-electron chi connectivity index (χ3n) is 2.46. The third kappa shape index (κ3) is 2.68. The lowest BCUT2D eigenvalue weighted by Gasteiger charge is -2.14. The molecule has 0 radical (unpaired) electrons. The first-order chi connectivity index (χ1) is 8.18. The summed E-state index contributed by atoms with van der Waals surface area (Å²) in [6.45, 7) is 1.88. The Morgan fingerprint density at radius 3 is 2.71 bits per heavy atom. The molecule has 0 spiro atoms. The molecule has 2 rings (SSSR count). The lowest BCUT2D eigenvalue weighted by molar-refractivity contribution is 0.0912. The van der Waals surface area contributed by atoms with Gasteiger partial charge < -0.3 is 9.73 Å². The van der Waals surface area contributed by atoms with E-state index in [1.54, 1.807) is 18.2 Å². The molecule has 1 aromatic carbocycles. The molecule has 0 aliphatic heterocycles. The number of furan rings is 1. The molecule has 0 unspecified atom stereocenters. The zero-order chi connectivity index (χ0) is 12.3. The van der Waals surface area contributed by atoms with Crippen LogP contribution in [0.15, 0.2) is 47.1 Å². The van der Waals surface area contributed by atoms with Crippen LogP contribution in [0.25, 0.3) is 0 Å². The van der Waals surface area contributed by atoms with Gasteiger partial charge in [0, 0.05) is 5.02 Å². The molecule has 1 heterocycles. The van der Waals surface area contributed by atoms with Crippen molar-refractivity contribution in [2.75, 3.05) is 0 Å². The molecule has 1 aromatic heterocycles. The standard InChI is InChI=1S/C13H12ClNO2/c1-9(10-5-2-3-6-11(10)14)15-13(16)12-7-4-8-17-12/h2-9H,1H3,(H,15,16)/t9-/m1/s1. The maximum Gasteiger partial charge on any atom is 0.287 e. The smallest absolute Gasteiger partial charge is 0.287 e. The van der Waals surface area contributed by atoms with Crippen LogP contribution in [0.1, 0.15) is 29.1 Å². The van der Waals surface area contributed by atoms with E-state index < -0.39 is 0 Å². The second-order valence-electron chi connectivity index (χ2n) is 3.69. The molecule has 0 bridgehead atoms. The van der Waals surface area contributed by atoms with E-state index in [2.05, 4.69) is 5.32 Å².